The van der Waals surface area contributed by atoms with Gasteiger partial charge in [0.2, 0.25) is 0 Å². The number of aryl methyl sites for hydroxylation is 1. The van der Waals surface area contributed by atoms with Crippen LogP contribution in [0, 0.1) is 6.92 Å². The van der Waals surface area contributed by atoms with Gasteiger partial charge in [0, 0.05) is 25.7 Å². The molecule has 2 aromatic carbocycles. The summed E-state index contributed by atoms with van der Waals surface area (Å²) in [5.74, 6) is -1.74. The first-order valence-electron chi connectivity index (χ1n) is 9.90. The summed E-state index contributed by atoms with van der Waals surface area (Å²) < 4.78 is 29.4. The van der Waals surface area contributed by atoms with Crippen molar-refractivity contribution in [3.05, 3.63) is 76.7 Å². The van der Waals surface area contributed by atoms with Crippen LogP contribution in [0.15, 0.2) is 70.5 Å². The van der Waals surface area contributed by atoms with Crippen molar-refractivity contribution in [1.29, 1.82) is 0 Å². The molecule has 0 heterocycles. The molecular weight excluding hydrogens is 432 g/mol. The van der Waals surface area contributed by atoms with E-state index in [-0.39, 0.29) is 11.5 Å². The summed E-state index contributed by atoms with van der Waals surface area (Å²) in [5.41, 5.74) is 1.58. The van der Waals surface area contributed by atoms with Crippen LogP contribution < -0.4 is 0 Å². The van der Waals surface area contributed by atoms with E-state index in [0.717, 1.165) is 5.56 Å². The molecule has 0 aliphatic rings. The van der Waals surface area contributed by atoms with Crippen molar-refractivity contribution in [3.63, 3.8) is 0 Å². The van der Waals surface area contributed by atoms with Crippen molar-refractivity contribution in [3.8, 4) is 0 Å². The van der Waals surface area contributed by atoms with Crippen LogP contribution in [-0.2, 0) is 39.4 Å². The average molecular weight is 459 g/mol. The topological polar surface area (TPSA) is 96.0 Å². The van der Waals surface area contributed by atoms with Crippen molar-refractivity contribution in [2.75, 3.05) is 6.61 Å². The number of esters is 3. The Morgan fingerprint density at radius 3 is 2.00 bits per heavy atom. The lowest BCUT2D eigenvalue weighted by molar-refractivity contribution is -0.153. The van der Waals surface area contributed by atoms with Gasteiger partial charge in [0.25, 0.3) is 0 Å². The number of carbonyl (C=O) groups excluding carboxylic acids is 3. The minimum atomic E-state index is -1.77. The summed E-state index contributed by atoms with van der Waals surface area (Å²) in [5, 5.41) is 0. The van der Waals surface area contributed by atoms with Gasteiger partial charge in [0.15, 0.2) is 12.2 Å². The number of rotatable bonds is 9. The third-order valence-electron chi connectivity index (χ3n) is 4.21. The van der Waals surface area contributed by atoms with E-state index in [0.29, 0.717) is 10.5 Å². The monoisotopic (exact) mass is 458 g/mol. The molecule has 0 saturated heterocycles. The highest BCUT2D eigenvalue weighted by molar-refractivity contribution is 7.89. The van der Waals surface area contributed by atoms with Crippen LogP contribution in [0.4, 0.5) is 0 Å². The molecule has 0 aromatic heterocycles. The van der Waals surface area contributed by atoms with Crippen LogP contribution >= 0.6 is 0 Å². The average Bonchev–Trinajstić information content (AvgIpc) is 2.74. The molecule has 0 bridgehead atoms. The molecule has 0 aliphatic heterocycles. The van der Waals surface area contributed by atoms with Gasteiger partial charge in [-0.25, -0.2) is 4.21 Å². The van der Waals surface area contributed by atoms with Crippen LogP contribution in [0.3, 0.4) is 0 Å². The molecule has 32 heavy (non-hydrogen) atoms. The van der Waals surface area contributed by atoms with Crippen molar-refractivity contribution >= 4 is 28.7 Å². The van der Waals surface area contributed by atoms with E-state index in [4.69, 9.17) is 14.2 Å². The molecule has 2 rings (SSSR count). The van der Waals surface area contributed by atoms with Gasteiger partial charge in [-0.2, -0.15) is 0 Å². The molecule has 0 fully saturated rings. The first-order valence-corrected chi connectivity index (χ1v) is 11.0. The predicted octanol–water partition coefficient (Wildman–Crippen LogP) is 3.79. The summed E-state index contributed by atoms with van der Waals surface area (Å²) in [6, 6.07) is 15.9. The standard InChI is InChI=1S/C24H26O7S/c1-16-10-12-22(13-11-16)32(28)23(14-21(30-18(3)26)15-29-17(2)25)24(31-19(4)27)20-8-6-5-7-9-20/h5-14,21,24H,15H2,1-4H3/b23-14-/t21-,24+,32?/m0/s1. The Bertz CT molecular complexity index is 997. The Morgan fingerprint density at radius 2 is 1.47 bits per heavy atom. The van der Waals surface area contributed by atoms with Crippen molar-refractivity contribution in [2.45, 2.75) is 44.8 Å². The maximum atomic E-state index is 13.6. The van der Waals surface area contributed by atoms with Gasteiger partial charge in [-0.15, -0.1) is 0 Å². The van der Waals surface area contributed by atoms with Gasteiger partial charge in [-0.3, -0.25) is 14.4 Å². The van der Waals surface area contributed by atoms with Gasteiger partial charge in [-0.1, -0.05) is 48.0 Å². The number of ether oxygens (including phenoxy) is 3. The smallest absolute Gasteiger partial charge is 0.303 e. The fourth-order valence-electron chi connectivity index (χ4n) is 2.84. The summed E-state index contributed by atoms with van der Waals surface area (Å²) in [4.78, 5) is 35.5. The summed E-state index contributed by atoms with van der Waals surface area (Å²) >= 11 is 0. The van der Waals surface area contributed by atoms with Gasteiger partial charge in [0.05, 0.1) is 15.7 Å². The molecule has 8 heteroatoms. The highest BCUT2D eigenvalue weighted by Crippen LogP contribution is 2.32. The Labute approximate surface area is 189 Å². The lowest BCUT2D eigenvalue weighted by Crippen LogP contribution is -2.24. The maximum absolute atomic E-state index is 13.6. The molecule has 0 radical (unpaired) electrons. The Kier molecular flexibility index (Phi) is 9.34. The van der Waals surface area contributed by atoms with Crippen LogP contribution in [0.5, 0.6) is 0 Å². The molecule has 0 aliphatic carbocycles. The number of hydrogen-bond donors (Lipinski definition) is 0. The number of carbonyl (C=O) groups is 3. The third-order valence-corrected chi connectivity index (χ3v) is 5.69. The second-order valence-corrected chi connectivity index (χ2v) is 8.48. The van der Waals surface area contributed by atoms with Gasteiger partial charge in [0.1, 0.15) is 6.61 Å². The lowest BCUT2D eigenvalue weighted by atomic mass is 10.1. The molecule has 170 valence electrons. The minimum Gasteiger partial charge on any atom is -0.462 e. The van der Waals surface area contributed by atoms with Gasteiger partial charge < -0.3 is 14.2 Å². The van der Waals surface area contributed by atoms with E-state index < -0.39 is 40.9 Å². The lowest BCUT2D eigenvalue weighted by Gasteiger charge is -2.23. The zero-order chi connectivity index (χ0) is 23.7. The fourth-order valence-corrected chi connectivity index (χ4v) is 4.15. The van der Waals surface area contributed by atoms with E-state index in [1.54, 1.807) is 42.5 Å². The molecule has 0 saturated carbocycles. The third kappa shape index (κ3) is 7.77. The first-order chi connectivity index (χ1) is 15.2. The molecule has 7 nitrogen and oxygen atoms in total. The van der Waals surface area contributed by atoms with Crippen LogP contribution in [0.2, 0.25) is 0 Å². The molecular formula is C24H26O7S. The van der Waals surface area contributed by atoms with Crippen molar-refractivity contribution < 1.29 is 32.8 Å². The van der Waals surface area contributed by atoms with Crippen LogP contribution in [0.25, 0.3) is 0 Å². The van der Waals surface area contributed by atoms with Gasteiger partial charge in [-0.05, 0) is 30.7 Å². The normalized spacial score (nSPS) is 14.1. The highest BCUT2D eigenvalue weighted by Gasteiger charge is 2.28. The summed E-state index contributed by atoms with van der Waals surface area (Å²) in [6.07, 6.45) is -0.616. The van der Waals surface area contributed by atoms with E-state index in [1.807, 2.05) is 19.1 Å². The molecule has 0 spiro atoms. The van der Waals surface area contributed by atoms with Crippen molar-refractivity contribution in [2.24, 2.45) is 0 Å². The molecule has 0 amide bonds. The fraction of sp³-hybridized carbons (Fsp3) is 0.292. The Morgan fingerprint density at radius 1 is 0.875 bits per heavy atom. The largest absolute Gasteiger partial charge is 0.462 e. The van der Waals surface area contributed by atoms with E-state index in [1.165, 1.54) is 26.8 Å². The van der Waals surface area contributed by atoms with Crippen LogP contribution in [-0.4, -0.2) is 34.8 Å². The zero-order valence-electron chi connectivity index (χ0n) is 18.4. The summed E-state index contributed by atoms with van der Waals surface area (Å²) in [7, 11) is -1.77. The molecule has 1 unspecified atom stereocenters. The quantitative estimate of drug-likeness (QED) is 0.417. The predicted molar refractivity (Wildman–Crippen MR) is 119 cm³/mol. The van der Waals surface area contributed by atoms with E-state index in [9.17, 15) is 18.6 Å². The SMILES string of the molecule is CC(=O)OC[C@H](/C=C(/[C@H](OC(C)=O)c1ccccc1)S(=O)c1ccc(C)cc1)OC(C)=O. The second kappa shape index (κ2) is 12.0. The molecule has 3 atom stereocenters. The van der Waals surface area contributed by atoms with E-state index >= 15 is 0 Å². The Balaban J connectivity index is 2.61. The minimum absolute atomic E-state index is 0.189. The van der Waals surface area contributed by atoms with Gasteiger partial charge >= 0.3 is 17.9 Å². The summed E-state index contributed by atoms with van der Waals surface area (Å²) in [6.45, 7) is 5.33. The zero-order valence-corrected chi connectivity index (χ0v) is 19.2. The molecule has 0 N–H and O–H groups in total. The first kappa shape index (κ1) is 25.0. The molecule has 2 aromatic rings. The number of benzene rings is 2. The van der Waals surface area contributed by atoms with Crippen molar-refractivity contribution in [1.82, 2.24) is 0 Å². The highest BCUT2D eigenvalue weighted by atomic mass is 32.2. The maximum Gasteiger partial charge on any atom is 0.303 e. The number of hydrogen-bond acceptors (Lipinski definition) is 7. The van der Waals surface area contributed by atoms with E-state index in [2.05, 4.69) is 0 Å². The Hall–Kier alpha value is -3.26. The second-order valence-electron chi connectivity index (χ2n) is 7.00. The van der Waals surface area contributed by atoms with Crippen LogP contribution in [0.1, 0.15) is 38.0 Å².